The number of benzene rings is 1. The van der Waals surface area contributed by atoms with Crippen molar-refractivity contribution in [2.75, 3.05) is 44.9 Å². The normalized spacial score (nSPS) is 22.3. The van der Waals surface area contributed by atoms with Crippen molar-refractivity contribution in [2.45, 2.75) is 51.6 Å². The zero-order valence-corrected chi connectivity index (χ0v) is 16.1. The van der Waals surface area contributed by atoms with Gasteiger partial charge in [-0.2, -0.15) is 0 Å². The molecule has 0 aliphatic carbocycles. The summed E-state index contributed by atoms with van der Waals surface area (Å²) in [5.74, 6) is 0.985. The summed E-state index contributed by atoms with van der Waals surface area (Å²) in [5, 5.41) is 0. The van der Waals surface area contributed by atoms with Crippen LogP contribution in [0.5, 0.6) is 5.75 Å². The van der Waals surface area contributed by atoms with Crippen LogP contribution < -0.4 is 9.64 Å². The Kier molecular flexibility index (Phi) is 4.56. The average Bonchev–Trinajstić information content (AvgIpc) is 2.45. The van der Waals surface area contributed by atoms with E-state index in [2.05, 4.69) is 62.6 Å². The van der Waals surface area contributed by atoms with Gasteiger partial charge in [0.1, 0.15) is 5.75 Å². The van der Waals surface area contributed by atoms with Gasteiger partial charge in [0.15, 0.2) is 0 Å². The highest BCUT2D eigenvalue weighted by atomic mass is 16.5. The Bertz CT molecular complexity index is 588. The lowest BCUT2D eigenvalue weighted by molar-refractivity contribution is -0.100. The van der Waals surface area contributed by atoms with E-state index in [1.807, 2.05) is 0 Å². The molecule has 0 unspecified atom stereocenters. The van der Waals surface area contributed by atoms with Crippen molar-refractivity contribution in [3.63, 3.8) is 0 Å². The highest BCUT2D eigenvalue weighted by Gasteiger charge is 2.40. The van der Waals surface area contributed by atoms with E-state index in [9.17, 15) is 0 Å². The van der Waals surface area contributed by atoms with Crippen LogP contribution in [-0.4, -0.2) is 56.4 Å². The second-order valence-corrected chi connectivity index (χ2v) is 8.76. The molecule has 0 spiro atoms. The first kappa shape index (κ1) is 17.6. The van der Waals surface area contributed by atoms with Gasteiger partial charge >= 0.3 is 0 Å². The van der Waals surface area contributed by atoms with Gasteiger partial charge in [-0.05, 0) is 37.0 Å². The molecule has 0 saturated carbocycles. The van der Waals surface area contributed by atoms with Crippen LogP contribution in [0.4, 0.5) is 5.69 Å². The Balaban J connectivity index is 1.82. The number of anilines is 1. The molecular weight excluding hydrogens is 300 g/mol. The fraction of sp³-hybridized carbons (Fsp3) is 0.700. The second-order valence-electron chi connectivity index (χ2n) is 8.76. The molecule has 2 aliphatic rings. The smallest absolute Gasteiger partial charge is 0.142 e. The lowest BCUT2D eigenvalue weighted by Gasteiger charge is -2.53. The average molecular weight is 332 g/mol. The minimum Gasteiger partial charge on any atom is -0.495 e. The number of hydrogen-bond acceptors (Lipinski definition) is 4. The highest BCUT2D eigenvalue weighted by molar-refractivity contribution is 5.61. The number of ether oxygens (including phenoxy) is 2. The molecule has 0 bridgehead atoms. The molecule has 134 valence electrons. The summed E-state index contributed by atoms with van der Waals surface area (Å²) in [4.78, 5) is 5.09. The van der Waals surface area contributed by atoms with Gasteiger partial charge in [0.2, 0.25) is 0 Å². The SMILES string of the molecule is COc1cc(C(C)(C)C)ccc1N1CCN(C2COC2)C(C)(C)C1. The molecule has 0 aromatic heterocycles. The summed E-state index contributed by atoms with van der Waals surface area (Å²) in [7, 11) is 1.78. The Hall–Kier alpha value is -1.26. The largest absolute Gasteiger partial charge is 0.495 e. The van der Waals surface area contributed by atoms with E-state index in [0.717, 1.165) is 38.6 Å². The van der Waals surface area contributed by atoms with Crippen molar-refractivity contribution in [1.82, 2.24) is 4.90 Å². The minimum absolute atomic E-state index is 0.133. The highest BCUT2D eigenvalue weighted by Crippen LogP contribution is 2.37. The molecule has 2 heterocycles. The van der Waals surface area contributed by atoms with Crippen LogP contribution in [0.2, 0.25) is 0 Å². The first-order valence-electron chi connectivity index (χ1n) is 9.00. The quantitative estimate of drug-likeness (QED) is 0.848. The van der Waals surface area contributed by atoms with Crippen LogP contribution in [0, 0.1) is 0 Å². The summed E-state index contributed by atoms with van der Waals surface area (Å²) in [6.45, 7) is 16.3. The van der Waals surface area contributed by atoms with Crippen molar-refractivity contribution in [2.24, 2.45) is 0 Å². The van der Waals surface area contributed by atoms with Gasteiger partial charge < -0.3 is 14.4 Å². The van der Waals surface area contributed by atoms with Crippen LogP contribution in [0.3, 0.4) is 0 Å². The Morgan fingerprint density at radius 3 is 2.38 bits per heavy atom. The van der Waals surface area contributed by atoms with Gasteiger partial charge in [-0.1, -0.05) is 26.8 Å². The first-order valence-corrected chi connectivity index (χ1v) is 9.00. The molecule has 2 fully saturated rings. The molecule has 3 rings (SSSR count). The van der Waals surface area contributed by atoms with E-state index in [1.165, 1.54) is 11.3 Å². The molecule has 4 nitrogen and oxygen atoms in total. The van der Waals surface area contributed by atoms with E-state index in [-0.39, 0.29) is 11.0 Å². The van der Waals surface area contributed by atoms with E-state index in [4.69, 9.17) is 9.47 Å². The summed E-state index contributed by atoms with van der Waals surface area (Å²) in [6, 6.07) is 7.27. The van der Waals surface area contributed by atoms with Crippen molar-refractivity contribution >= 4 is 5.69 Å². The molecule has 0 atom stereocenters. The fourth-order valence-electron chi connectivity index (χ4n) is 3.86. The topological polar surface area (TPSA) is 24.9 Å². The predicted octanol–water partition coefficient (Wildman–Crippen LogP) is 3.29. The minimum atomic E-state index is 0.133. The zero-order chi connectivity index (χ0) is 17.5. The summed E-state index contributed by atoms with van der Waals surface area (Å²) >= 11 is 0. The molecule has 0 radical (unpaired) electrons. The van der Waals surface area contributed by atoms with Crippen molar-refractivity contribution in [1.29, 1.82) is 0 Å². The van der Waals surface area contributed by atoms with Crippen LogP contribution in [-0.2, 0) is 10.2 Å². The Morgan fingerprint density at radius 1 is 1.17 bits per heavy atom. The van der Waals surface area contributed by atoms with E-state index >= 15 is 0 Å². The fourth-order valence-corrected chi connectivity index (χ4v) is 3.86. The van der Waals surface area contributed by atoms with Crippen LogP contribution in [0.25, 0.3) is 0 Å². The molecule has 2 saturated heterocycles. The molecule has 24 heavy (non-hydrogen) atoms. The van der Waals surface area contributed by atoms with E-state index < -0.39 is 0 Å². The lowest BCUT2D eigenvalue weighted by atomic mass is 9.86. The third-order valence-electron chi connectivity index (χ3n) is 5.41. The molecule has 4 heteroatoms. The summed E-state index contributed by atoms with van der Waals surface area (Å²) < 4.78 is 11.1. The monoisotopic (exact) mass is 332 g/mol. The summed E-state index contributed by atoms with van der Waals surface area (Å²) in [6.07, 6.45) is 0. The Morgan fingerprint density at radius 2 is 1.88 bits per heavy atom. The molecule has 0 amide bonds. The number of rotatable bonds is 3. The molecular formula is C20H32N2O2. The van der Waals surface area contributed by atoms with Gasteiger partial charge in [0.05, 0.1) is 32.1 Å². The van der Waals surface area contributed by atoms with Crippen molar-refractivity contribution in [3.05, 3.63) is 23.8 Å². The van der Waals surface area contributed by atoms with Crippen molar-refractivity contribution < 1.29 is 9.47 Å². The number of piperazine rings is 1. The van der Waals surface area contributed by atoms with Gasteiger partial charge in [-0.25, -0.2) is 0 Å². The van der Waals surface area contributed by atoms with Gasteiger partial charge in [-0.3, -0.25) is 4.90 Å². The number of hydrogen-bond donors (Lipinski definition) is 0. The van der Waals surface area contributed by atoms with Crippen LogP contribution in [0.15, 0.2) is 18.2 Å². The standard InChI is InChI=1S/C20H32N2O2/c1-19(2,3)15-7-8-17(18(11-15)23-6)21-9-10-22(16-12-24-13-16)20(4,5)14-21/h7-8,11,16H,9-10,12-14H2,1-6H3. The van der Waals surface area contributed by atoms with Crippen LogP contribution in [0.1, 0.15) is 40.2 Å². The second kappa shape index (κ2) is 6.23. The van der Waals surface area contributed by atoms with Gasteiger partial charge in [-0.15, -0.1) is 0 Å². The van der Waals surface area contributed by atoms with Gasteiger partial charge in [0, 0.05) is 25.2 Å². The van der Waals surface area contributed by atoms with E-state index in [0.29, 0.717) is 6.04 Å². The van der Waals surface area contributed by atoms with Crippen LogP contribution >= 0.6 is 0 Å². The third kappa shape index (κ3) is 3.27. The summed E-state index contributed by atoms with van der Waals surface area (Å²) in [5.41, 5.74) is 2.80. The third-order valence-corrected chi connectivity index (χ3v) is 5.41. The number of nitrogens with zero attached hydrogens (tertiary/aromatic N) is 2. The van der Waals surface area contributed by atoms with E-state index in [1.54, 1.807) is 7.11 Å². The maximum absolute atomic E-state index is 5.73. The molecule has 2 aliphatic heterocycles. The maximum atomic E-state index is 5.73. The first-order chi connectivity index (χ1) is 11.2. The lowest BCUT2D eigenvalue weighted by Crippen LogP contribution is -2.66. The van der Waals surface area contributed by atoms with Gasteiger partial charge in [0.25, 0.3) is 0 Å². The van der Waals surface area contributed by atoms with Crippen molar-refractivity contribution in [3.8, 4) is 5.75 Å². The maximum Gasteiger partial charge on any atom is 0.142 e. The molecule has 1 aromatic carbocycles. The zero-order valence-electron chi connectivity index (χ0n) is 16.1. The number of methoxy groups -OCH3 is 1. The molecule has 1 aromatic rings. The Labute approximate surface area is 146 Å². The predicted molar refractivity (Wildman–Crippen MR) is 99.3 cm³/mol. The molecule has 0 N–H and O–H groups in total.